The Balaban J connectivity index is 4.84. The molecule has 0 spiro atoms. The van der Waals surface area contributed by atoms with E-state index in [0.29, 0.717) is 19.4 Å². The number of rotatable bonds is 10. The van der Waals surface area contributed by atoms with E-state index >= 15 is 0 Å². The van der Waals surface area contributed by atoms with Crippen LogP contribution >= 0.6 is 0 Å². The topological polar surface area (TPSA) is 84.2 Å². The average molecular weight is 313 g/mol. The van der Waals surface area contributed by atoms with Gasteiger partial charge in [0.15, 0.2) is 5.78 Å². The largest absolute Gasteiger partial charge is 0.345 e. The van der Waals surface area contributed by atoms with Gasteiger partial charge in [0, 0.05) is 12.0 Å². The summed E-state index contributed by atoms with van der Waals surface area (Å²) in [4.78, 5) is 24.6. The highest BCUT2D eigenvalue weighted by molar-refractivity contribution is 5.90. The zero-order chi connectivity index (χ0) is 17.3. The second-order valence-corrected chi connectivity index (χ2v) is 7.28. The van der Waals surface area contributed by atoms with E-state index in [1.54, 1.807) is 0 Å². The van der Waals surface area contributed by atoms with Gasteiger partial charge in [0.25, 0.3) is 0 Å². The van der Waals surface area contributed by atoms with Crippen LogP contribution in [0.2, 0.25) is 0 Å². The Bertz CT molecular complexity index is 348. The second-order valence-electron chi connectivity index (χ2n) is 7.28. The molecule has 0 aliphatic heterocycles. The van der Waals surface area contributed by atoms with Gasteiger partial charge >= 0.3 is 0 Å². The molecule has 0 radical (unpaired) electrons. The van der Waals surface area contributed by atoms with Crippen molar-refractivity contribution in [3.63, 3.8) is 0 Å². The Kier molecular flexibility index (Phi) is 9.53. The van der Waals surface area contributed by atoms with Gasteiger partial charge in [-0.15, -0.1) is 0 Å². The van der Waals surface area contributed by atoms with Crippen LogP contribution in [0.25, 0.3) is 0 Å². The highest BCUT2D eigenvalue weighted by Crippen LogP contribution is 2.11. The van der Waals surface area contributed by atoms with E-state index in [0.717, 1.165) is 12.8 Å². The summed E-state index contributed by atoms with van der Waals surface area (Å²) in [6.45, 7) is 12.6. The first-order valence-electron chi connectivity index (χ1n) is 8.43. The van der Waals surface area contributed by atoms with Gasteiger partial charge in [0.2, 0.25) is 5.91 Å². The van der Waals surface area contributed by atoms with E-state index in [1.165, 1.54) is 0 Å². The molecule has 0 heterocycles. The highest BCUT2D eigenvalue weighted by Gasteiger charge is 2.29. The van der Waals surface area contributed by atoms with Crippen molar-refractivity contribution < 1.29 is 9.59 Å². The number of carbonyl (C=O) groups is 2. The molecule has 22 heavy (non-hydrogen) atoms. The molecule has 2 atom stereocenters. The average Bonchev–Trinajstić information content (AvgIpc) is 2.41. The fraction of sp³-hybridized carbons (Fsp3) is 0.882. The minimum atomic E-state index is -0.396. The van der Waals surface area contributed by atoms with Gasteiger partial charge in [-0.05, 0) is 52.5 Å². The van der Waals surface area contributed by atoms with Gasteiger partial charge in [-0.3, -0.25) is 9.59 Å². The normalized spacial score (nSPS) is 14.7. The van der Waals surface area contributed by atoms with Gasteiger partial charge in [-0.25, -0.2) is 0 Å². The van der Waals surface area contributed by atoms with E-state index in [2.05, 4.69) is 10.6 Å². The third-order valence-electron chi connectivity index (χ3n) is 3.54. The number of amides is 1. The van der Waals surface area contributed by atoms with Crippen molar-refractivity contribution in [2.45, 2.75) is 84.8 Å². The molecule has 0 unspecified atom stereocenters. The fourth-order valence-corrected chi connectivity index (χ4v) is 2.32. The van der Waals surface area contributed by atoms with Gasteiger partial charge in [-0.2, -0.15) is 0 Å². The Morgan fingerprint density at radius 3 is 2.14 bits per heavy atom. The molecule has 0 aromatic heterocycles. The maximum atomic E-state index is 12.6. The number of unbranched alkanes of at least 4 members (excludes halogenated alkanes) is 1. The van der Waals surface area contributed by atoms with E-state index in [-0.39, 0.29) is 29.2 Å². The van der Waals surface area contributed by atoms with Crippen LogP contribution in [0.4, 0.5) is 0 Å². The molecule has 0 saturated heterocycles. The summed E-state index contributed by atoms with van der Waals surface area (Å²) in [7, 11) is 0. The summed E-state index contributed by atoms with van der Waals surface area (Å²) in [6.07, 6.45) is 2.83. The molecule has 0 rings (SSSR count). The summed E-state index contributed by atoms with van der Waals surface area (Å²) in [5, 5.41) is 6.28. The van der Waals surface area contributed by atoms with Crippen molar-refractivity contribution in [3.8, 4) is 0 Å². The lowest BCUT2D eigenvalue weighted by atomic mass is 9.97. The lowest BCUT2D eigenvalue weighted by Crippen LogP contribution is -2.56. The van der Waals surface area contributed by atoms with Crippen molar-refractivity contribution in [1.29, 1.82) is 0 Å². The second kappa shape index (κ2) is 9.95. The van der Waals surface area contributed by atoms with E-state index in [9.17, 15) is 9.59 Å². The predicted octanol–water partition coefficient (Wildman–Crippen LogP) is 1.99. The van der Waals surface area contributed by atoms with Gasteiger partial charge < -0.3 is 16.4 Å². The molecule has 0 saturated carbocycles. The molecule has 5 heteroatoms. The molecule has 0 fully saturated rings. The monoisotopic (exact) mass is 313 g/mol. The zero-order valence-electron chi connectivity index (χ0n) is 15.2. The first-order valence-corrected chi connectivity index (χ1v) is 8.43. The molecule has 130 valence electrons. The van der Waals surface area contributed by atoms with Crippen molar-refractivity contribution in [1.82, 2.24) is 10.6 Å². The Hall–Kier alpha value is -0.940. The Morgan fingerprint density at radius 2 is 1.73 bits per heavy atom. The van der Waals surface area contributed by atoms with Crippen LogP contribution in [-0.4, -0.2) is 35.9 Å². The van der Waals surface area contributed by atoms with Crippen LogP contribution in [-0.2, 0) is 9.59 Å². The number of hydrogen-bond acceptors (Lipinski definition) is 4. The first kappa shape index (κ1) is 21.1. The van der Waals surface area contributed by atoms with Crippen molar-refractivity contribution in [2.24, 2.45) is 11.7 Å². The number of nitrogens with two attached hydrogens (primary N) is 1. The van der Waals surface area contributed by atoms with Crippen molar-refractivity contribution >= 4 is 11.7 Å². The number of hydrogen-bond donors (Lipinski definition) is 3. The molecule has 1 amide bonds. The van der Waals surface area contributed by atoms with Crippen LogP contribution in [0.1, 0.15) is 67.2 Å². The zero-order valence-corrected chi connectivity index (χ0v) is 15.2. The van der Waals surface area contributed by atoms with Gasteiger partial charge in [0.05, 0.1) is 12.1 Å². The molecule has 5 nitrogen and oxygen atoms in total. The van der Waals surface area contributed by atoms with Crippen LogP contribution in [0.3, 0.4) is 0 Å². The third-order valence-corrected chi connectivity index (χ3v) is 3.54. The molecule has 4 N–H and O–H groups in total. The lowest BCUT2D eigenvalue weighted by Gasteiger charge is -2.31. The quantitative estimate of drug-likeness (QED) is 0.539. The van der Waals surface area contributed by atoms with Crippen molar-refractivity contribution in [3.05, 3.63) is 0 Å². The molecule has 0 aromatic carbocycles. The fourth-order valence-electron chi connectivity index (χ4n) is 2.32. The van der Waals surface area contributed by atoms with Crippen LogP contribution in [0.5, 0.6) is 0 Å². The molecular formula is C17H35N3O2. The van der Waals surface area contributed by atoms with E-state index in [4.69, 9.17) is 5.73 Å². The van der Waals surface area contributed by atoms with Crippen LogP contribution < -0.4 is 16.4 Å². The number of ketones is 1. The number of nitrogens with one attached hydrogen (secondary N) is 2. The maximum Gasteiger partial charge on any atom is 0.237 e. The first-order chi connectivity index (χ1) is 10.1. The standard InChI is InChI=1S/C17H35N3O2/c1-7-14(21)13(10-8-9-11-18)19-16(22)15(12(2)3)20-17(4,5)6/h12-13,15,20H,7-11,18H2,1-6H3,(H,19,22)/t13-,15-/m0/s1. The van der Waals surface area contributed by atoms with Crippen molar-refractivity contribution in [2.75, 3.05) is 6.54 Å². The Morgan fingerprint density at radius 1 is 1.14 bits per heavy atom. The minimum Gasteiger partial charge on any atom is -0.345 e. The summed E-state index contributed by atoms with van der Waals surface area (Å²) in [5.41, 5.74) is 5.34. The molecular weight excluding hydrogens is 278 g/mol. The maximum absolute atomic E-state index is 12.6. The summed E-state index contributed by atoms with van der Waals surface area (Å²) < 4.78 is 0. The highest BCUT2D eigenvalue weighted by atomic mass is 16.2. The molecule has 0 aliphatic rings. The van der Waals surface area contributed by atoms with Crippen LogP contribution in [0, 0.1) is 5.92 Å². The predicted molar refractivity (Wildman–Crippen MR) is 91.6 cm³/mol. The third kappa shape index (κ3) is 8.49. The van der Waals surface area contributed by atoms with Crippen LogP contribution in [0.15, 0.2) is 0 Å². The van der Waals surface area contributed by atoms with E-state index in [1.807, 2.05) is 41.5 Å². The van der Waals surface area contributed by atoms with Gasteiger partial charge in [-0.1, -0.05) is 20.8 Å². The SMILES string of the molecule is CCC(=O)[C@H](CCCCN)NC(=O)[C@@H](NC(C)(C)C)C(C)C. The number of carbonyl (C=O) groups excluding carboxylic acids is 2. The molecule has 0 aliphatic carbocycles. The summed E-state index contributed by atoms with van der Waals surface area (Å²) >= 11 is 0. The number of Topliss-reactive ketones (excluding diaryl/α,β-unsaturated/α-hetero) is 1. The van der Waals surface area contributed by atoms with Gasteiger partial charge in [0.1, 0.15) is 0 Å². The molecule has 0 aromatic rings. The summed E-state index contributed by atoms with van der Waals surface area (Å²) in [6, 6.07) is -0.700. The minimum absolute atomic E-state index is 0.0867. The smallest absolute Gasteiger partial charge is 0.237 e. The Labute approximate surface area is 135 Å². The van der Waals surface area contributed by atoms with E-state index < -0.39 is 6.04 Å². The lowest BCUT2D eigenvalue weighted by molar-refractivity contribution is -0.130. The summed E-state index contributed by atoms with van der Waals surface area (Å²) in [5.74, 6) is 0.147. The molecule has 0 bridgehead atoms.